The highest BCUT2D eigenvalue weighted by molar-refractivity contribution is 5.44. The number of imidazole rings is 1. The van der Waals surface area contributed by atoms with E-state index in [1.165, 1.54) is 5.69 Å². The minimum Gasteiger partial charge on any atom is -0.454 e. The lowest BCUT2D eigenvalue weighted by Crippen LogP contribution is -2.39. The molecule has 1 unspecified atom stereocenters. The van der Waals surface area contributed by atoms with Crippen molar-refractivity contribution < 1.29 is 19.3 Å². The number of likely N-dealkylation sites (tertiary alicyclic amines) is 1. The fourth-order valence-corrected chi connectivity index (χ4v) is 3.61. The second-order valence-corrected chi connectivity index (χ2v) is 6.94. The number of benzene rings is 1. The number of piperidine rings is 1. The van der Waals surface area contributed by atoms with Crippen LogP contribution < -0.4 is 9.47 Å². The average molecular weight is 359 g/mol. The van der Waals surface area contributed by atoms with Crippen LogP contribution in [0.5, 0.6) is 11.5 Å². The number of hydrogen-bond donors (Lipinski definition) is 2. The summed E-state index contributed by atoms with van der Waals surface area (Å²) >= 11 is 0. The van der Waals surface area contributed by atoms with Crippen molar-refractivity contribution in [2.45, 2.75) is 31.5 Å². The molecule has 0 radical (unpaired) electrons. The quantitative estimate of drug-likeness (QED) is 0.786. The number of nitrogens with zero attached hydrogens (tertiary/aromatic N) is 2. The van der Waals surface area contributed by atoms with Gasteiger partial charge < -0.3 is 29.2 Å². The molecule has 26 heavy (non-hydrogen) atoms. The van der Waals surface area contributed by atoms with E-state index >= 15 is 0 Å². The molecule has 0 saturated carbocycles. The Labute approximate surface area is 152 Å². The largest absolute Gasteiger partial charge is 0.454 e. The van der Waals surface area contributed by atoms with Crippen LogP contribution in [-0.4, -0.2) is 59.1 Å². The Balaban J connectivity index is 1.16. The molecule has 140 valence electrons. The van der Waals surface area contributed by atoms with E-state index in [4.69, 9.17) is 14.2 Å². The molecule has 2 aliphatic heterocycles. The fraction of sp³-hybridized carbons (Fsp3) is 0.526. The van der Waals surface area contributed by atoms with Gasteiger partial charge in [-0.25, -0.2) is 4.98 Å². The van der Waals surface area contributed by atoms with Gasteiger partial charge in [0.1, 0.15) is 0 Å². The van der Waals surface area contributed by atoms with Crippen LogP contribution in [-0.2, 0) is 11.3 Å². The molecule has 1 aromatic carbocycles. The van der Waals surface area contributed by atoms with Crippen molar-refractivity contribution >= 4 is 0 Å². The number of fused-ring (bicyclic) bond motifs is 1. The maximum Gasteiger partial charge on any atom is 0.231 e. The summed E-state index contributed by atoms with van der Waals surface area (Å²) in [5.41, 5.74) is 2.24. The summed E-state index contributed by atoms with van der Waals surface area (Å²) in [6, 6.07) is 5.77. The van der Waals surface area contributed by atoms with E-state index in [2.05, 4.69) is 14.9 Å². The summed E-state index contributed by atoms with van der Waals surface area (Å²) in [7, 11) is 0. The van der Waals surface area contributed by atoms with Crippen molar-refractivity contribution in [1.82, 2.24) is 14.9 Å². The first-order valence-electron chi connectivity index (χ1n) is 9.13. The number of ether oxygens (including phenoxy) is 3. The summed E-state index contributed by atoms with van der Waals surface area (Å²) in [4.78, 5) is 9.61. The van der Waals surface area contributed by atoms with Crippen molar-refractivity contribution in [1.29, 1.82) is 0 Å². The highest BCUT2D eigenvalue weighted by atomic mass is 16.7. The van der Waals surface area contributed by atoms with Crippen molar-refractivity contribution in [3.8, 4) is 11.5 Å². The second-order valence-electron chi connectivity index (χ2n) is 6.94. The number of rotatable bonds is 7. The van der Waals surface area contributed by atoms with Crippen molar-refractivity contribution in [2.75, 3.05) is 33.0 Å². The molecule has 7 nitrogen and oxygen atoms in total. The molecule has 0 spiro atoms. The Morgan fingerprint density at radius 2 is 2.12 bits per heavy atom. The Bertz CT molecular complexity index is 699. The normalized spacial score (nSPS) is 19.0. The molecule has 2 N–H and O–H groups in total. The van der Waals surface area contributed by atoms with Gasteiger partial charge in [-0.2, -0.15) is 0 Å². The van der Waals surface area contributed by atoms with E-state index in [9.17, 15) is 5.11 Å². The smallest absolute Gasteiger partial charge is 0.231 e. The van der Waals surface area contributed by atoms with Gasteiger partial charge in [0.2, 0.25) is 6.79 Å². The predicted molar refractivity (Wildman–Crippen MR) is 95.2 cm³/mol. The van der Waals surface area contributed by atoms with E-state index < -0.39 is 6.10 Å². The number of hydrogen-bond acceptors (Lipinski definition) is 6. The lowest BCUT2D eigenvalue weighted by molar-refractivity contribution is 0.00613. The number of aliphatic hydroxyl groups excluding tert-OH is 1. The van der Waals surface area contributed by atoms with Gasteiger partial charge in [0.05, 0.1) is 25.6 Å². The van der Waals surface area contributed by atoms with Crippen LogP contribution in [0, 0.1) is 0 Å². The van der Waals surface area contributed by atoms with E-state index in [-0.39, 0.29) is 6.79 Å². The van der Waals surface area contributed by atoms with Gasteiger partial charge in [-0.1, -0.05) is 6.07 Å². The zero-order valence-corrected chi connectivity index (χ0v) is 14.8. The first kappa shape index (κ1) is 17.3. The SMILES string of the molecule is OC(COCc1ccc2c(c1)OCO2)CN1CCC(c2cnc[nH]2)CC1. The molecule has 1 atom stereocenters. The number of β-amino-alcohol motifs (C(OH)–C–C–N with tert-alkyl or cyclic N) is 1. The van der Waals surface area contributed by atoms with Gasteiger partial charge in [0.15, 0.2) is 11.5 Å². The highest BCUT2D eigenvalue weighted by Gasteiger charge is 2.23. The Kier molecular flexibility index (Phi) is 5.38. The maximum absolute atomic E-state index is 10.3. The van der Waals surface area contributed by atoms with E-state index in [1.807, 2.05) is 24.4 Å². The average Bonchev–Trinajstić information content (AvgIpc) is 3.34. The first-order valence-corrected chi connectivity index (χ1v) is 9.13. The van der Waals surface area contributed by atoms with Gasteiger partial charge in [-0.05, 0) is 43.6 Å². The monoisotopic (exact) mass is 359 g/mol. The molecule has 0 bridgehead atoms. The summed E-state index contributed by atoms with van der Waals surface area (Å²) in [6.45, 7) is 3.68. The molecule has 0 aliphatic carbocycles. The molecular weight excluding hydrogens is 334 g/mol. The molecule has 4 rings (SSSR count). The molecule has 1 fully saturated rings. The topological polar surface area (TPSA) is 79.8 Å². The predicted octanol–water partition coefficient (Wildman–Crippen LogP) is 1.90. The van der Waals surface area contributed by atoms with Gasteiger partial charge >= 0.3 is 0 Å². The standard InChI is InChI=1S/C19H25N3O4/c23-16(9-22-5-3-15(4-6-22)17-8-20-12-21-17)11-24-10-14-1-2-18-19(7-14)26-13-25-18/h1-2,7-8,12,15-16,23H,3-6,9-11,13H2,(H,20,21). The lowest BCUT2D eigenvalue weighted by atomic mass is 9.94. The number of nitrogens with one attached hydrogen (secondary N) is 1. The number of aromatic nitrogens is 2. The van der Waals surface area contributed by atoms with Gasteiger partial charge in [-0.15, -0.1) is 0 Å². The molecular formula is C19H25N3O4. The maximum atomic E-state index is 10.3. The summed E-state index contributed by atoms with van der Waals surface area (Å²) in [5.74, 6) is 2.08. The van der Waals surface area contributed by atoms with Crippen LogP contribution >= 0.6 is 0 Å². The summed E-state index contributed by atoms with van der Waals surface area (Å²) in [5, 5.41) is 10.3. The van der Waals surface area contributed by atoms with Crippen molar-refractivity contribution in [3.63, 3.8) is 0 Å². The summed E-state index contributed by atoms with van der Waals surface area (Å²) in [6.07, 6.45) is 5.36. The zero-order valence-electron chi connectivity index (χ0n) is 14.8. The third kappa shape index (κ3) is 4.17. The van der Waals surface area contributed by atoms with Crippen LogP contribution in [0.25, 0.3) is 0 Å². The fourth-order valence-electron chi connectivity index (χ4n) is 3.61. The Hall–Kier alpha value is -2.09. The third-order valence-corrected chi connectivity index (χ3v) is 5.03. The molecule has 2 aliphatic rings. The molecule has 1 aromatic heterocycles. The van der Waals surface area contributed by atoms with Crippen LogP contribution in [0.1, 0.15) is 30.0 Å². The number of H-pyrrole nitrogens is 1. The molecule has 1 saturated heterocycles. The third-order valence-electron chi connectivity index (χ3n) is 5.03. The Morgan fingerprint density at radius 3 is 2.92 bits per heavy atom. The molecule has 3 heterocycles. The van der Waals surface area contributed by atoms with Gasteiger partial charge in [0, 0.05) is 24.4 Å². The minimum absolute atomic E-state index is 0.273. The lowest BCUT2D eigenvalue weighted by Gasteiger charge is -2.32. The Morgan fingerprint density at radius 1 is 1.27 bits per heavy atom. The highest BCUT2D eigenvalue weighted by Crippen LogP contribution is 2.32. The van der Waals surface area contributed by atoms with Crippen LogP contribution in [0.3, 0.4) is 0 Å². The minimum atomic E-state index is -0.479. The van der Waals surface area contributed by atoms with Crippen LogP contribution in [0.2, 0.25) is 0 Å². The second kappa shape index (κ2) is 8.07. The van der Waals surface area contributed by atoms with Gasteiger partial charge in [0.25, 0.3) is 0 Å². The van der Waals surface area contributed by atoms with E-state index in [1.54, 1.807) is 6.33 Å². The first-order chi connectivity index (χ1) is 12.8. The summed E-state index contributed by atoms with van der Waals surface area (Å²) < 4.78 is 16.3. The van der Waals surface area contributed by atoms with Crippen molar-refractivity contribution in [3.05, 3.63) is 42.0 Å². The molecule has 2 aromatic rings. The van der Waals surface area contributed by atoms with Crippen LogP contribution in [0.15, 0.2) is 30.7 Å². The molecule has 7 heteroatoms. The number of aromatic amines is 1. The van der Waals surface area contributed by atoms with E-state index in [0.717, 1.165) is 43.0 Å². The van der Waals surface area contributed by atoms with Gasteiger partial charge in [-0.3, -0.25) is 0 Å². The molecule has 0 amide bonds. The van der Waals surface area contributed by atoms with E-state index in [0.29, 0.717) is 25.7 Å². The van der Waals surface area contributed by atoms with Crippen molar-refractivity contribution in [2.24, 2.45) is 0 Å². The zero-order chi connectivity index (χ0) is 17.8. The van der Waals surface area contributed by atoms with Crippen LogP contribution in [0.4, 0.5) is 0 Å². The number of aliphatic hydroxyl groups is 1.